The summed E-state index contributed by atoms with van der Waals surface area (Å²) in [5.41, 5.74) is 3.94. The topological polar surface area (TPSA) is 67.2 Å². The minimum absolute atomic E-state index is 0.129. The second-order valence-electron chi connectivity index (χ2n) is 8.75. The number of hydrogen-bond donors (Lipinski definition) is 1. The van der Waals surface area contributed by atoms with Gasteiger partial charge in [0.05, 0.1) is 5.69 Å². The van der Waals surface area contributed by atoms with Crippen LogP contribution in [0.25, 0.3) is 16.9 Å². The average molecular weight is 521 g/mol. The Balaban J connectivity index is 1.62. The molecule has 6 nitrogen and oxygen atoms in total. The number of hydrogen-bond acceptors (Lipinski definition) is 3. The summed E-state index contributed by atoms with van der Waals surface area (Å²) in [6, 6.07) is 21.7. The van der Waals surface area contributed by atoms with Gasteiger partial charge in [-0.1, -0.05) is 47.5 Å². The molecule has 3 aromatic carbocycles. The summed E-state index contributed by atoms with van der Waals surface area (Å²) in [5, 5.41) is 4.07. The third kappa shape index (κ3) is 5.96. The van der Waals surface area contributed by atoms with Crippen molar-refractivity contribution in [2.45, 2.75) is 26.8 Å². The summed E-state index contributed by atoms with van der Waals surface area (Å²) in [6.45, 7) is 5.61. The van der Waals surface area contributed by atoms with Gasteiger partial charge in [0.15, 0.2) is 0 Å². The molecule has 0 aliphatic carbocycles. The van der Waals surface area contributed by atoms with Crippen LogP contribution in [0.3, 0.4) is 0 Å². The third-order valence-corrected chi connectivity index (χ3v) is 6.17. The highest BCUT2D eigenvalue weighted by atomic mass is 35.5. The Bertz CT molecular complexity index is 1380. The first kappa shape index (κ1) is 25.5. The maximum Gasteiger partial charge on any atom is 0.254 e. The summed E-state index contributed by atoms with van der Waals surface area (Å²) in [4.78, 5) is 32.5. The van der Waals surface area contributed by atoms with Crippen molar-refractivity contribution >= 4 is 41.0 Å². The van der Waals surface area contributed by atoms with Crippen LogP contribution in [0.15, 0.2) is 79.0 Å². The highest BCUT2D eigenvalue weighted by Gasteiger charge is 2.23. The average Bonchev–Trinajstić information content (AvgIpc) is 3.26. The molecule has 0 radical (unpaired) electrons. The van der Waals surface area contributed by atoms with E-state index in [-0.39, 0.29) is 24.4 Å². The highest BCUT2D eigenvalue weighted by molar-refractivity contribution is 6.31. The first-order valence-electron chi connectivity index (χ1n) is 11.5. The van der Waals surface area contributed by atoms with Crippen LogP contribution in [0.5, 0.6) is 0 Å². The van der Waals surface area contributed by atoms with Crippen molar-refractivity contribution in [1.29, 1.82) is 0 Å². The standard InChI is InChI=1S/C28H26Cl2N4O2/c1-18(2)33(27(36)21-9-13-23(30)14-10-21)17-26(35)32-28-31-25(20-7-11-22(29)12-8-20)16-34(28)24-6-4-5-19(3)15-24/h4-16,18H,17H2,1-3H3,(H,31,32,35). The number of halogens is 2. The molecule has 0 saturated heterocycles. The molecule has 2 amide bonds. The van der Waals surface area contributed by atoms with Crippen LogP contribution < -0.4 is 5.32 Å². The number of carbonyl (C=O) groups excluding carboxylic acids is 2. The smallest absolute Gasteiger partial charge is 0.254 e. The molecular formula is C28H26Cl2N4O2. The molecule has 184 valence electrons. The second-order valence-corrected chi connectivity index (χ2v) is 9.62. The monoisotopic (exact) mass is 520 g/mol. The Labute approximate surface area is 220 Å². The molecule has 0 fully saturated rings. The van der Waals surface area contributed by atoms with Crippen molar-refractivity contribution in [2.24, 2.45) is 0 Å². The second kappa shape index (κ2) is 11.0. The van der Waals surface area contributed by atoms with Crippen LogP contribution in [-0.2, 0) is 4.79 Å². The van der Waals surface area contributed by atoms with Crippen molar-refractivity contribution in [2.75, 3.05) is 11.9 Å². The van der Waals surface area contributed by atoms with Crippen molar-refractivity contribution in [3.63, 3.8) is 0 Å². The lowest BCUT2D eigenvalue weighted by molar-refractivity contribution is -0.117. The van der Waals surface area contributed by atoms with Crippen LogP contribution in [-0.4, -0.2) is 38.9 Å². The Morgan fingerprint density at radius 2 is 1.61 bits per heavy atom. The van der Waals surface area contributed by atoms with Gasteiger partial charge in [-0.2, -0.15) is 0 Å². The SMILES string of the molecule is Cc1cccc(-n2cc(-c3ccc(Cl)cc3)nc2NC(=O)CN(C(=O)c2ccc(Cl)cc2)C(C)C)c1. The molecule has 8 heteroatoms. The van der Waals surface area contributed by atoms with E-state index in [0.29, 0.717) is 27.3 Å². The Morgan fingerprint density at radius 1 is 0.972 bits per heavy atom. The Morgan fingerprint density at radius 3 is 2.22 bits per heavy atom. The molecule has 0 unspecified atom stereocenters. The maximum atomic E-state index is 13.2. The number of amides is 2. The predicted octanol–water partition coefficient (Wildman–Crippen LogP) is 6.64. The van der Waals surface area contributed by atoms with Gasteiger partial charge in [-0.15, -0.1) is 0 Å². The normalized spacial score (nSPS) is 10.9. The van der Waals surface area contributed by atoms with Gasteiger partial charge in [0.2, 0.25) is 11.9 Å². The number of nitrogens with zero attached hydrogens (tertiary/aromatic N) is 3. The van der Waals surface area contributed by atoms with E-state index in [9.17, 15) is 9.59 Å². The molecule has 0 aliphatic rings. The van der Waals surface area contributed by atoms with Crippen LogP contribution in [0.1, 0.15) is 29.8 Å². The molecule has 0 atom stereocenters. The maximum absolute atomic E-state index is 13.2. The van der Waals surface area contributed by atoms with Crippen molar-refractivity contribution in [3.05, 3.63) is 100 Å². The molecular weight excluding hydrogens is 495 g/mol. The van der Waals surface area contributed by atoms with Crippen LogP contribution in [0, 0.1) is 6.92 Å². The lowest BCUT2D eigenvalue weighted by Crippen LogP contribution is -2.42. The zero-order valence-corrected chi connectivity index (χ0v) is 21.7. The van der Waals surface area contributed by atoms with Crippen LogP contribution in [0.2, 0.25) is 10.0 Å². The van der Waals surface area contributed by atoms with E-state index < -0.39 is 0 Å². The zero-order chi connectivity index (χ0) is 25.8. The molecule has 4 aromatic rings. The number of rotatable bonds is 7. The number of aromatic nitrogens is 2. The molecule has 4 rings (SSSR count). The summed E-state index contributed by atoms with van der Waals surface area (Å²) >= 11 is 12.0. The minimum atomic E-state index is -0.354. The third-order valence-electron chi connectivity index (χ3n) is 5.67. The van der Waals surface area contributed by atoms with Crippen LogP contribution in [0.4, 0.5) is 5.95 Å². The van der Waals surface area contributed by atoms with Gasteiger partial charge in [-0.3, -0.25) is 19.5 Å². The fourth-order valence-corrected chi connectivity index (χ4v) is 4.02. The first-order valence-corrected chi connectivity index (χ1v) is 12.3. The van der Waals surface area contributed by atoms with E-state index in [2.05, 4.69) is 5.32 Å². The number of imidazole rings is 1. The Kier molecular flexibility index (Phi) is 7.77. The van der Waals surface area contributed by atoms with Gasteiger partial charge in [-0.05, 0) is 74.9 Å². The molecule has 0 bridgehead atoms. The number of anilines is 1. The van der Waals surface area contributed by atoms with E-state index in [1.54, 1.807) is 36.4 Å². The largest absolute Gasteiger partial charge is 0.327 e. The number of benzene rings is 3. The van der Waals surface area contributed by atoms with Crippen molar-refractivity contribution < 1.29 is 9.59 Å². The molecule has 1 N–H and O–H groups in total. The Hall–Kier alpha value is -3.61. The van der Waals surface area contributed by atoms with Crippen molar-refractivity contribution in [1.82, 2.24) is 14.5 Å². The fourth-order valence-electron chi connectivity index (χ4n) is 3.77. The summed E-state index contributed by atoms with van der Waals surface area (Å²) < 4.78 is 1.83. The predicted molar refractivity (Wildman–Crippen MR) is 145 cm³/mol. The molecule has 0 aliphatic heterocycles. The lowest BCUT2D eigenvalue weighted by atomic mass is 10.1. The van der Waals surface area contributed by atoms with E-state index in [4.69, 9.17) is 28.2 Å². The number of nitrogens with one attached hydrogen (secondary N) is 1. The van der Waals surface area contributed by atoms with Gasteiger partial charge in [0, 0.05) is 39.1 Å². The summed E-state index contributed by atoms with van der Waals surface area (Å²) in [5.74, 6) is -0.243. The number of aryl methyl sites for hydroxylation is 1. The van der Waals surface area contributed by atoms with Crippen molar-refractivity contribution in [3.8, 4) is 16.9 Å². The first-order chi connectivity index (χ1) is 17.2. The minimum Gasteiger partial charge on any atom is -0.327 e. The fraction of sp³-hybridized carbons (Fsp3) is 0.179. The lowest BCUT2D eigenvalue weighted by Gasteiger charge is -2.26. The van der Waals surface area contributed by atoms with Gasteiger partial charge in [-0.25, -0.2) is 4.98 Å². The quantitative estimate of drug-likeness (QED) is 0.296. The summed E-state index contributed by atoms with van der Waals surface area (Å²) in [7, 11) is 0. The van der Waals surface area contributed by atoms with Gasteiger partial charge in [0.1, 0.15) is 6.54 Å². The highest BCUT2D eigenvalue weighted by Crippen LogP contribution is 2.26. The molecule has 0 saturated carbocycles. The molecule has 36 heavy (non-hydrogen) atoms. The van der Waals surface area contributed by atoms with Gasteiger partial charge in [0.25, 0.3) is 5.91 Å². The van der Waals surface area contributed by atoms with E-state index in [1.165, 1.54) is 4.90 Å². The van der Waals surface area contributed by atoms with E-state index in [0.717, 1.165) is 16.8 Å². The van der Waals surface area contributed by atoms with Gasteiger partial charge >= 0.3 is 0 Å². The van der Waals surface area contributed by atoms with E-state index in [1.807, 2.05) is 67.9 Å². The van der Waals surface area contributed by atoms with E-state index >= 15 is 0 Å². The van der Waals surface area contributed by atoms with Gasteiger partial charge < -0.3 is 4.90 Å². The molecule has 1 heterocycles. The van der Waals surface area contributed by atoms with Crippen LogP contribution >= 0.6 is 23.2 Å². The zero-order valence-electron chi connectivity index (χ0n) is 20.2. The molecule has 1 aromatic heterocycles. The summed E-state index contributed by atoms with van der Waals surface area (Å²) in [6.07, 6.45) is 1.87. The number of carbonyl (C=O) groups is 2. The molecule has 0 spiro atoms.